The van der Waals surface area contributed by atoms with E-state index in [1.165, 1.54) is 11.1 Å². The molecule has 94 valence electrons. The number of pyridine rings is 1. The largest absolute Gasteiger partial charge is 1.00 e. The van der Waals surface area contributed by atoms with Gasteiger partial charge in [0.1, 0.15) is 0 Å². The van der Waals surface area contributed by atoms with E-state index in [2.05, 4.69) is 12.1 Å². The van der Waals surface area contributed by atoms with Crippen LogP contribution in [0.4, 0.5) is 0 Å². The van der Waals surface area contributed by atoms with E-state index in [4.69, 9.17) is 5.11 Å². The molecule has 1 N–H and O–H groups in total. The quantitative estimate of drug-likeness (QED) is 0.710. The second-order valence-corrected chi connectivity index (χ2v) is 3.93. The number of carboxylic acid groups (broad SMARTS) is 1. The molecule has 18 heavy (non-hydrogen) atoms. The third-order valence-corrected chi connectivity index (χ3v) is 2.53. The predicted molar refractivity (Wildman–Crippen MR) is 63.5 cm³/mol. The van der Waals surface area contributed by atoms with E-state index in [1.807, 2.05) is 30.3 Å². The van der Waals surface area contributed by atoms with Crippen molar-refractivity contribution < 1.29 is 31.4 Å². The molecule has 3 nitrogen and oxygen atoms in total. The van der Waals surface area contributed by atoms with Crippen molar-refractivity contribution in [1.29, 1.82) is 0 Å². The highest BCUT2D eigenvalue weighted by molar-refractivity contribution is 5.64. The van der Waals surface area contributed by atoms with Crippen molar-refractivity contribution in [2.45, 2.75) is 13.0 Å². The number of carbonyl (C=O) groups is 1. The molecule has 1 aromatic heterocycles. The van der Waals surface area contributed by atoms with Crippen LogP contribution in [0, 0.1) is 0 Å². The Bertz CT molecular complexity index is 497. The maximum absolute atomic E-state index is 10.5. The molecule has 0 fully saturated rings. The van der Waals surface area contributed by atoms with Gasteiger partial charge in [-0.05, 0) is 17.5 Å². The number of aromatic nitrogens is 1. The molecule has 2 rings (SSSR count). The average Bonchev–Trinajstić information content (AvgIpc) is 2.32. The van der Waals surface area contributed by atoms with Gasteiger partial charge in [0.15, 0.2) is 12.4 Å². The van der Waals surface area contributed by atoms with Gasteiger partial charge in [-0.3, -0.25) is 0 Å². The van der Waals surface area contributed by atoms with Gasteiger partial charge in [-0.25, -0.2) is 4.79 Å². The molecular formula is C14H14BrNO2. The van der Waals surface area contributed by atoms with Gasteiger partial charge < -0.3 is 22.1 Å². The van der Waals surface area contributed by atoms with Gasteiger partial charge in [0.2, 0.25) is 6.54 Å². The minimum Gasteiger partial charge on any atom is -1.00 e. The molecule has 0 saturated carbocycles. The molecule has 0 bridgehead atoms. The number of benzene rings is 1. The predicted octanol–water partition coefficient (Wildman–Crippen LogP) is -1.35. The molecule has 0 aliphatic carbocycles. The summed E-state index contributed by atoms with van der Waals surface area (Å²) in [6, 6.07) is 14.1. The van der Waals surface area contributed by atoms with Crippen LogP contribution in [-0.2, 0) is 17.8 Å². The van der Waals surface area contributed by atoms with Crippen LogP contribution < -0.4 is 21.5 Å². The van der Waals surface area contributed by atoms with E-state index in [0.29, 0.717) is 0 Å². The van der Waals surface area contributed by atoms with Crippen LogP contribution in [0.3, 0.4) is 0 Å². The molecule has 1 heterocycles. The lowest BCUT2D eigenvalue weighted by atomic mass is 10.1. The zero-order valence-electron chi connectivity index (χ0n) is 9.79. The third-order valence-electron chi connectivity index (χ3n) is 2.53. The van der Waals surface area contributed by atoms with Gasteiger partial charge in [-0.1, -0.05) is 30.3 Å². The molecule has 0 atom stereocenters. The standard InChI is InChI=1S/C14H13NO2.BrH/c16-14(17)11-15-8-6-13(7-9-15)10-12-4-2-1-3-5-12;/h1-9H,10-11H2;1H. The smallest absolute Gasteiger partial charge is 0.370 e. The van der Waals surface area contributed by atoms with E-state index in [0.717, 1.165) is 6.42 Å². The lowest BCUT2D eigenvalue weighted by Crippen LogP contribution is -3.00. The average molecular weight is 308 g/mol. The zero-order valence-corrected chi connectivity index (χ0v) is 11.4. The minimum atomic E-state index is -0.828. The van der Waals surface area contributed by atoms with Gasteiger partial charge in [-0.2, -0.15) is 4.57 Å². The zero-order chi connectivity index (χ0) is 12.1. The Kier molecular flexibility index (Phi) is 5.52. The number of aliphatic carboxylic acids is 1. The van der Waals surface area contributed by atoms with Crippen molar-refractivity contribution in [3.8, 4) is 0 Å². The van der Waals surface area contributed by atoms with Crippen molar-refractivity contribution in [2.24, 2.45) is 0 Å². The van der Waals surface area contributed by atoms with Crippen LogP contribution >= 0.6 is 0 Å². The van der Waals surface area contributed by atoms with Gasteiger partial charge >= 0.3 is 5.97 Å². The molecule has 0 amide bonds. The van der Waals surface area contributed by atoms with Gasteiger partial charge in [0, 0.05) is 12.1 Å². The third kappa shape index (κ3) is 4.30. The maximum Gasteiger partial charge on any atom is 0.370 e. The highest BCUT2D eigenvalue weighted by Gasteiger charge is 2.06. The van der Waals surface area contributed by atoms with E-state index < -0.39 is 5.97 Å². The van der Waals surface area contributed by atoms with Crippen molar-refractivity contribution in [3.05, 3.63) is 66.0 Å². The van der Waals surface area contributed by atoms with Crippen molar-refractivity contribution >= 4 is 5.97 Å². The highest BCUT2D eigenvalue weighted by atomic mass is 79.9. The number of carboxylic acids is 1. The van der Waals surface area contributed by atoms with Gasteiger partial charge in [0.05, 0.1) is 0 Å². The first-order valence-electron chi connectivity index (χ1n) is 5.48. The molecule has 0 saturated heterocycles. The Labute approximate surface area is 116 Å². The van der Waals surface area contributed by atoms with Crippen molar-refractivity contribution in [1.82, 2.24) is 0 Å². The Balaban J connectivity index is 0.00000162. The minimum absolute atomic E-state index is 0. The Hall–Kier alpha value is -1.68. The summed E-state index contributed by atoms with van der Waals surface area (Å²) in [6.07, 6.45) is 4.47. The highest BCUT2D eigenvalue weighted by Crippen LogP contribution is 2.06. The summed E-state index contributed by atoms with van der Waals surface area (Å²) in [7, 11) is 0. The lowest BCUT2D eigenvalue weighted by Gasteiger charge is -2.00. The fourth-order valence-corrected chi connectivity index (χ4v) is 1.70. The molecular weight excluding hydrogens is 294 g/mol. The number of halogens is 1. The first-order chi connectivity index (χ1) is 8.24. The number of hydrogen-bond donors (Lipinski definition) is 1. The fourth-order valence-electron chi connectivity index (χ4n) is 1.70. The van der Waals surface area contributed by atoms with Crippen molar-refractivity contribution in [2.75, 3.05) is 0 Å². The Morgan fingerprint density at radius 3 is 2.11 bits per heavy atom. The SMILES string of the molecule is O=C(O)C[n+]1ccc(Cc2ccccc2)cc1.[Br-]. The molecule has 0 radical (unpaired) electrons. The summed E-state index contributed by atoms with van der Waals surface area (Å²) in [5.74, 6) is -0.828. The summed E-state index contributed by atoms with van der Waals surface area (Å²) in [5, 5.41) is 8.65. The maximum atomic E-state index is 10.5. The summed E-state index contributed by atoms with van der Waals surface area (Å²) in [4.78, 5) is 10.5. The summed E-state index contributed by atoms with van der Waals surface area (Å²) < 4.78 is 1.65. The second-order valence-electron chi connectivity index (χ2n) is 3.93. The molecule has 4 heteroatoms. The summed E-state index contributed by atoms with van der Waals surface area (Å²) >= 11 is 0. The van der Waals surface area contributed by atoms with E-state index in [1.54, 1.807) is 17.0 Å². The van der Waals surface area contributed by atoms with Gasteiger partial charge in [0.25, 0.3) is 0 Å². The van der Waals surface area contributed by atoms with Crippen LogP contribution in [0.5, 0.6) is 0 Å². The molecule has 0 aliphatic rings. The Morgan fingerprint density at radius 1 is 1.00 bits per heavy atom. The van der Waals surface area contributed by atoms with Crippen LogP contribution in [0.1, 0.15) is 11.1 Å². The topological polar surface area (TPSA) is 41.2 Å². The molecule has 2 aromatic rings. The number of hydrogen-bond acceptors (Lipinski definition) is 1. The Morgan fingerprint density at radius 2 is 1.56 bits per heavy atom. The first-order valence-corrected chi connectivity index (χ1v) is 5.48. The molecule has 0 spiro atoms. The van der Waals surface area contributed by atoms with E-state index in [-0.39, 0.29) is 23.5 Å². The summed E-state index contributed by atoms with van der Waals surface area (Å²) in [5.41, 5.74) is 2.43. The first kappa shape index (κ1) is 14.4. The second kappa shape index (κ2) is 6.91. The van der Waals surface area contributed by atoms with E-state index in [9.17, 15) is 4.79 Å². The van der Waals surface area contributed by atoms with Crippen LogP contribution in [0.15, 0.2) is 54.9 Å². The van der Waals surface area contributed by atoms with Crippen LogP contribution in [0.25, 0.3) is 0 Å². The number of rotatable bonds is 4. The monoisotopic (exact) mass is 307 g/mol. The van der Waals surface area contributed by atoms with Gasteiger partial charge in [-0.15, -0.1) is 0 Å². The number of nitrogens with zero attached hydrogens (tertiary/aromatic N) is 1. The van der Waals surface area contributed by atoms with Crippen molar-refractivity contribution in [3.63, 3.8) is 0 Å². The molecule has 1 aromatic carbocycles. The molecule has 0 unspecified atom stereocenters. The van der Waals surface area contributed by atoms with E-state index >= 15 is 0 Å². The van der Waals surface area contributed by atoms with Crippen LogP contribution in [-0.4, -0.2) is 11.1 Å². The fraction of sp³-hybridized carbons (Fsp3) is 0.143. The van der Waals surface area contributed by atoms with Crippen LogP contribution in [0.2, 0.25) is 0 Å². The summed E-state index contributed by atoms with van der Waals surface area (Å²) in [6.45, 7) is 0.00557. The lowest BCUT2D eigenvalue weighted by molar-refractivity contribution is -0.685. The normalized spacial score (nSPS) is 9.56. The molecule has 0 aliphatic heterocycles.